The smallest absolute Gasteiger partial charge is 0.0829 e. The zero-order valence-corrected chi connectivity index (χ0v) is 10.7. The summed E-state index contributed by atoms with van der Waals surface area (Å²) in [5.74, 6) is 0. The highest BCUT2D eigenvalue weighted by molar-refractivity contribution is 5.51. The molecule has 2 heterocycles. The van der Waals surface area contributed by atoms with E-state index in [2.05, 4.69) is 46.4 Å². The van der Waals surface area contributed by atoms with Crippen LogP contribution >= 0.6 is 0 Å². The van der Waals surface area contributed by atoms with Crippen LogP contribution in [0, 0.1) is 0 Å². The Morgan fingerprint density at radius 2 is 1.72 bits per heavy atom. The minimum absolute atomic E-state index is 0.922. The molecule has 1 aromatic heterocycles. The molecular formula is C14H18N4. The molecule has 0 unspecified atom stereocenters. The van der Waals surface area contributed by atoms with E-state index in [0.29, 0.717) is 0 Å². The van der Waals surface area contributed by atoms with Gasteiger partial charge >= 0.3 is 0 Å². The van der Waals surface area contributed by atoms with Crippen LogP contribution in [0.1, 0.15) is 25.5 Å². The topological polar surface area (TPSA) is 34.0 Å². The molecule has 1 saturated heterocycles. The number of aryl methyl sites for hydroxylation is 1. The summed E-state index contributed by atoms with van der Waals surface area (Å²) < 4.78 is 1.84. The Morgan fingerprint density at radius 3 is 2.33 bits per heavy atom. The Bertz CT molecular complexity index is 509. The van der Waals surface area contributed by atoms with E-state index in [-0.39, 0.29) is 0 Å². The third kappa shape index (κ3) is 2.10. The quantitative estimate of drug-likeness (QED) is 0.829. The molecule has 0 spiro atoms. The molecule has 2 aromatic rings. The summed E-state index contributed by atoms with van der Waals surface area (Å²) >= 11 is 0. The molecule has 0 saturated carbocycles. The van der Waals surface area contributed by atoms with Crippen LogP contribution in [-0.4, -0.2) is 28.1 Å². The van der Waals surface area contributed by atoms with Gasteiger partial charge in [0.1, 0.15) is 0 Å². The normalized spacial score (nSPS) is 15.3. The van der Waals surface area contributed by atoms with Crippen molar-refractivity contribution in [2.75, 3.05) is 18.0 Å². The molecule has 4 nitrogen and oxygen atoms in total. The zero-order valence-electron chi connectivity index (χ0n) is 10.7. The van der Waals surface area contributed by atoms with Crippen LogP contribution in [-0.2, 0) is 6.42 Å². The Labute approximate surface area is 107 Å². The average Bonchev–Trinajstić information content (AvgIpc) is 3.10. The molecule has 0 bridgehead atoms. The number of hydrogen-bond acceptors (Lipinski definition) is 3. The van der Waals surface area contributed by atoms with E-state index in [1.807, 2.05) is 10.9 Å². The van der Waals surface area contributed by atoms with E-state index >= 15 is 0 Å². The van der Waals surface area contributed by atoms with Crippen LogP contribution in [0.25, 0.3) is 5.69 Å². The van der Waals surface area contributed by atoms with Crippen LogP contribution in [0.4, 0.5) is 5.69 Å². The predicted molar refractivity (Wildman–Crippen MR) is 72.2 cm³/mol. The predicted octanol–water partition coefficient (Wildman–Crippen LogP) is 2.43. The van der Waals surface area contributed by atoms with Gasteiger partial charge in [-0.15, -0.1) is 5.10 Å². The number of rotatable bonds is 3. The van der Waals surface area contributed by atoms with E-state index in [1.165, 1.54) is 31.6 Å². The fourth-order valence-electron chi connectivity index (χ4n) is 2.38. The van der Waals surface area contributed by atoms with E-state index < -0.39 is 0 Å². The number of aromatic nitrogens is 3. The van der Waals surface area contributed by atoms with Gasteiger partial charge in [-0.25, -0.2) is 4.68 Å². The van der Waals surface area contributed by atoms with Gasteiger partial charge in [0.15, 0.2) is 0 Å². The molecule has 0 atom stereocenters. The molecule has 3 rings (SSSR count). The fourth-order valence-corrected chi connectivity index (χ4v) is 2.38. The lowest BCUT2D eigenvalue weighted by molar-refractivity contribution is 0.797. The van der Waals surface area contributed by atoms with E-state index in [1.54, 1.807) is 0 Å². The monoisotopic (exact) mass is 242 g/mol. The van der Waals surface area contributed by atoms with Crippen molar-refractivity contribution < 1.29 is 0 Å². The molecule has 1 fully saturated rings. The van der Waals surface area contributed by atoms with Gasteiger partial charge in [0.2, 0.25) is 0 Å². The maximum absolute atomic E-state index is 4.14. The van der Waals surface area contributed by atoms with Crippen molar-refractivity contribution in [3.8, 4) is 5.69 Å². The number of benzene rings is 1. The molecule has 0 amide bonds. The maximum atomic E-state index is 4.14. The van der Waals surface area contributed by atoms with Crippen LogP contribution in [0.2, 0.25) is 0 Å². The third-order valence-corrected chi connectivity index (χ3v) is 3.49. The highest BCUT2D eigenvalue weighted by Gasteiger charge is 2.12. The van der Waals surface area contributed by atoms with Gasteiger partial charge in [-0.2, -0.15) is 0 Å². The molecule has 0 aliphatic carbocycles. The summed E-state index contributed by atoms with van der Waals surface area (Å²) in [7, 11) is 0. The van der Waals surface area contributed by atoms with Crippen molar-refractivity contribution in [1.29, 1.82) is 0 Å². The van der Waals surface area contributed by atoms with Crippen LogP contribution in [0.3, 0.4) is 0 Å². The molecule has 1 aromatic carbocycles. The average molecular weight is 242 g/mol. The Balaban J connectivity index is 1.81. The maximum Gasteiger partial charge on any atom is 0.0829 e. The van der Waals surface area contributed by atoms with Gasteiger partial charge in [-0.3, -0.25) is 0 Å². The summed E-state index contributed by atoms with van der Waals surface area (Å²) in [6.07, 6.45) is 5.53. The van der Waals surface area contributed by atoms with E-state index in [9.17, 15) is 0 Å². The third-order valence-electron chi connectivity index (χ3n) is 3.49. The molecule has 0 radical (unpaired) electrons. The fraction of sp³-hybridized carbons (Fsp3) is 0.429. The Kier molecular flexibility index (Phi) is 3.00. The highest BCUT2D eigenvalue weighted by atomic mass is 15.4. The number of nitrogens with zero attached hydrogens (tertiary/aromatic N) is 4. The molecule has 1 aliphatic heterocycles. The molecule has 4 heteroatoms. The van der Waals surface area contributed by atoms with Crippen LogP contribution < -0.4 is 4.90 Å². The number of anilines is 1. The second-order valence-electron chi connectivity index (χ2n) is 4.72. The lowest BCUT2D eigenvalue weighted by Gasteiger charge is -2.17. The SMILES string of the molecule is CCc1cn(-c2ccc(N3CCCC3)cc2)nn1. The first kappa shape index (κ1) is 11.3. The molecule has 94 valence electrons. The van der Waals surface area contributed by atoms with E-state index in [0.717, 1.165) is 17.8 Å². The summed E-state index contributed by atoms with van der Waals surface area (Å²) in [4.78, 5) is 2.43. The van der Waals surface area contributed by atoms with Crippen molar-refractivity contribution in [2.45, 2.75) is 26.2 Å². The molecular weight excluding hydrogens is 224 g/mol. The van der Waals surface area contributed by atoms with Crippen molar-refractivity contribution >= 4 is 5.69 Å². The van der Waals surface area contributed by atoms with Gasteiger partial charge in [-0.1, -0.05) is 12.1 Å². The van der Waals surface area contributed by atoms with Gasteiger partial charge in [0.05, 0.1) is 17.6 Å². The molecule has 1 aliphatic rings. The Morgan fingerprint density at radius 1 is 1.06 bits per heavy atom. The first-order chi connectivity index (χ1) is 8.86. The van der Waals surface area contributed by atoms with Crippen LogP contribution in [0.15, 0.2) is 30.5 Å². The summed E-state index contributed by atoms with van der Waals surface area (Å²) in [6.45, 7) is 4.45. The summed E-state index contributed by atoms with van der Waals surface area (Å²) in [6, 6.07) is 8.57. The lowest BCUT2D eigenvalue weighted by Crippen LogP contribution is -2.17. The standard InChI is InChI=1S/C14H18N4/c1-2-12-11-18(16-15-12)14-7-5-13(6-8-14)17-9-3-4-10-17/h5-8,11H,2-4,9-10H2,1H3. The summed E-state index contributed by atoms with van der Waals surface area (Å²) in [5, 5.41) is 8.25. The molecule has 0 N–H and O–H groups in total. The second kappa shape index (κ2) is 4.80. The van der Waals surface area contributed by atoms with Gasteiger partial charge in [0.25, 0.3) is 0 Å². The first-order valence-corrected chi connectivity index (χ1v) is 6.63. The Hall–Kier alpha value is -1.84. The molecule has 18 heavy (non-hydrogen) atoms. The lowest BCUT2D eigenvalue weighted by atomic mass is 10.2. The zero-order chi connectivity index (χ0) is 12.4. The summed E-state index contributed by atoms with van der Waals surface area (Å²) in [5.41, 5.74) is 3.41. The van der Waals surface area contributed by atoms with Gasteiger partial charge in [0, 0.05) is 18.8 Å². The van der Waals surface area contributed by atoms with Gasteiger partial charge in [-0.05, 0) is 43.5 Å². The van der Waals surface area contributed by atoms with Gasteiger partial charge < -0.3 is 4.90 Å². The van der Waals surface area contributed by atoms with Crippen molar-refractivity contribution in [2.24, 2.45) is 0 Å². The van der Waals surface area contributed by atoms with Crippen molar-refractivity contribution in [3.63, 3.8) is 0 Å². The first-order valence-electron chi connectivity index (χ1n) is 6.63. The second-order valence-corrected chi connectivity index (χ2v) is 4.72. The number of hydrogen-bond donors (Lipinski definition) is 0. The van der Waals surface area contributed by atoms with E-state index in [4.69, 9.17) is 0 Å². The van der Waals surface area contributed by atoms with Crippen LogP contribution in [0.5, 0.6) is 0 Å². The minimum Gasteiger partial charge on any atom is -0.372 e. The van der Waals surface area contributed by atoms with Crippen molar-refractivity contribution in [1.82, 2.24) is 15.0 Å². The highest BCUT2D eigenvalue weighted by Crippen LogP contribution is 2.21. The largest absolute Gasteiger partial charge is 0.372 e. The minimum atomic E-state index is 0.922. The van der Waals surface area contributed by atoms with Crippen molar-refractivity contribution in [3.05, 3.63) is 36.2 Å².